The van der Waals surface area contributed by atoms with Crippen LogP contribution in [0.15, 0.2) is 30.3 Å². The quantitative estimate of drug-likeness (QED) is 0.749. The second kappa shape index (κ2) is 8.13. The summed E-state index contributed by atoms with van der Waals surface area (Å²) in [5, 5.41) is 3.00. The zero-order valence-corrected chi connectivity index (χ0v) is 19.1. The van der Waals surface area contributed by atoms with Crippen LogP contribution in [0.1, 0.15) is 54.7 Å². The SMILES string of the molecule is Cc1cc(C)c(C(=O)Nc2ccc3c(c2)OCC(C)(C)C(=O)N3CC(C)C)c(C)c1. The van der Waals surface area contributed by atoms with Gasteiger partial charge in [0.2, 0.25) is 5.91 Å². The summed E-state index contributed by atoms with van der Waals surface area (Å²) in [6.07, 6.45) is 0. The Balaban J connectivity index is 1.93. The van der Waals surface area contributed by atoms with Gasteiger partial charge in [-0.3, -0.25) is 9.59 Å². The van der Waals surface area contributed by atoms with Crippen LogP contribution in [0, 0.1) is 32.1 Å². The maximum Gasteiger partial charge on any atom is 0.256 e. The van der Waals surface area contributed by atoms with Gasteiger partial charge >= 0.3 is 0 Å². The van der Waals surface area contributed by atoms with E-state index < -0.39 is 5.41 Å². The molecular formula is C25H32N2O3. The normalized spacial score (nSPS) is 15.5. The van der Waals surface area contributed by atoms with Crippen molar-refractivity contribution in [1.29, 1.82) is 0 Å². The summed E-state index contributed by atoms with van der Waals surface area (Å²) in [7, 11) is 0. The molecule has 2 aromatic rings. The summed E-state index contributed by atoms with van der Waals surface area (Å²) in [5.41, 5.74) is 4.51. The van der Waals surface area contributed by atoms with Crippen molar-refractivity contribution >= 4 is 23.2 Å². The highest BCUT2D eigenvalue weighted by atomic mass is 16.5. The van der Waals surface area contributed by atoms with E-state index in [2.05, 4.69) is 19.2 Å². The van der Waals surface area contributed by atoms with E-state index in [-0.39, 0.29) is 11.8 Å². The zero-order valence-electron chi connectivity index (χ0n) is 19.1. The number of hydrogen-bond donors (Lipinski definition) is 1. The van der Waals surface area contributed by atoms with E-state index in [0.717, 1.165) is 22.4 Å². The van der Waals surface area contributed by atoms with Crippen molar-refractivity contribution in [2.75, 3.05) is 23.4 Å². The van der Waals surface area contributed by atoms with E-state index in [4.69, 9.17) is 4.74 Å². The van der Waals surface area contributed by atoms with Gasteiger partial charge in [-0.1, -0.05) is 31.5 Å². The average molecular weight is 409 g/mol. The fourth-order valence-electron chi connectivity index (χ4n) is 4.00. The maximum atomic E-state index is 13.1. The lowest BCUT2D eigenvalue weighted by Crippen LogP contribution is -2.43. The molecule has 2 aromatic carbocycles. The number of amides is 2. The number of nitrogens with zero attached hydrogens (tertiary/aromatic N) is 1. The minimum atomic E-state index is -0.618. The van der Waals surface area contributed by atoms with E-state index in [0.29, 0.717) is 36.1 Å². The summed E-state index contributed by atoms with van der Waals surface area (Å²) in [5.74, 6) is 0.846. The zero-order chi connectivity index (χ0) is 22.2. The highest BCUT2D eigenvalue weighted by Gasteiger charge is 2.38. The van der Waals surface area contributed by atoms with Gasteiger partial charge in [-0.05, 0) is 63.8 Å². The first kappa shape index (κ1) is 21.9. The van der Waals surface area contributed by atoms with Gasteiger partial charge in [-0.15, -0.1) is 0 Å². The lowest BCUT2D eigenvalue weighted by Gasteiger charge is -2.29. The first-order chi connectivity index (χ1) is 14.0. The smallest absolute Gasteiger partial charge is 0.256 e. The number of aryl methyl sites for hydroxylation is 3. The van der Waals surface area contributed by atoms with Gasteiger partial charge in [0.1, 0.15) is 12.4 Å². The van der Waals surface area contributed by atoms with Gasteiger partial charge in [0.05, 0.1) is 11.1 Å². The monoisotopic (exact) mass is 408 g/mol. The number of benzene rings is 2. The van der Waals surface area contributed by atoms with Crippen molar-refractivity contribution in [1.82, 2.24) is 0 Å². The Labute approximate surface area is 179 Å². The minimum absolute atomic E-state index is 0.0534. The second-order valence-corrected chi connectivity index (χ2v) is 9.39. The first-order valence-electron chi connectivity index (χ1n) is 10.5. The van der Waals surface area contributed by atoms with Crippen LogP contribution in [0.2, 0.25) is 0 Å². The molecule has 160 valence electrons. The van der Waals surface area contributed by atoms with E-state index in [9.17, 15) is 9.59 Å². The molecular weight excluding hydrogens is 376 g/mol. The summed E-state index contributed by atoms with van der Waals surface area (Å²) in [4.78, 5) is 27.9. The van der Waals surface area contributed by atoms with Crippen LogP contribution in [0.4, 0.5) is 11.4 Å². The summed E-state index contributed by atoms with van der Waals surface area (Å²) in [6.45, 7) is 14.8. The van der Waals surface area contributed by atoms with Crippen LogP contribution in [0.5, 0.6) is 5.75 Å². The van der Waals surface area contributed by atoms with Crippen LogP contribution in [-0.2, 0) is 4.79 Å². The summed E-state index contributed by atoms with van der Waals surface area (Å²) >= 11 is 0. The average Bonchev–Trinajstić information content (AvgIpc) is 2.71. The van der Waals surface area contributed by atoms with Crippen LogP contribution in [-0.4, -0.2) is 25.0 Å². The number of rotatable bonds is 4. The molecule has 2 amide bonds. The minimum Gasteiger partial charge on any atom is -0.490 e. The van der Waals surface area contributed by atoms with Crippen molar-refractivity contribution < 1.29 is 14.3 Å². The fourth-order valence-corrected chi connectivity index (χ4v) is 4.00. The Morgan fingerprint density at radius 1 is 1.13 bits per heavy atom. The maximum absolute atomic E-state index is 13.1. The Morgan fingerprint density at radius 2 is 1.77 bits per heavy atom. The van der Waals surface area contributed by atoms with Crippen LogP contribution < -0.4 is 15.0 Å². The van der Waals surface area contributed by atoms with Gasteiger partial charge in [0, 0.05) is 23.9 Å². The van der Waals surface area contributed by atoms with Crippen LogP contribution in [0.3, 0.4) is 0 Å². The topological polar surface area (TPSA) is 58.6 Å². The predicted molar refractivity (Wildman–Crippen MR) is 122 cm³/mol. The van der Waals surface area contributed by atoms with E-state index in [1.54, 1.807) is 0 Å². The van der Waals surface area contributed by atoms with Gasteiger partial charge in [-0.2, -0.15) is 0 Å². The number of carbonyl (C=O) groups excluding carboxylic acids is 2. The summed E-state index contributed by atoms with van der Waals surface area (Å²) in [6, 6.07) is 9.53. The molecule has 0 saturated heterocycles. The standard InChI is InChI=1S/C25H32N2O3/c1-15(2)13-27-20-9-8-19(12-21(20)30-14-25(6,7)24(27)29)26-23(28)22-17(4)10-16(3)11-18(22)5/h8-12,15H,13-14H2,1-7H3,(H,26,28). The number of hydrogen-bond acceptors (Lipinski definition) is 3. The fraction of sp³-hybridized carbons (Fsp3) is 0.440. The van der Waals surface area contributed by atoms with Gasteiger partial charge < -0.3 is 15.0 Å². The summed E-state index contributed by atoms with van der Waals surface area (Å²) < 4.78 is 6.02. The van der Waals surface area contributed by atoms with Crippen molar-refractivity contribution in [2.24, 2.45) is 11.3 Å². The molecule has 5 nitrogen and oxygen atoms in total. The molecule has 0 atom stereocenters. The molecule has 0 bridgehead atoms. The number of nitrogens with one attached hydrogen (secondary N) is 1. The Kier molecular flexibility index (Phi) is 5.93. The molecule has 0 saturated carbocycles. The van der Waals surface area contributed by atoms with Gasteiger partial charge in [0.25, 0.3) is 5.91 Å². The second-order valence-electron chi connectivity index (χ2n) is 9.39. The van der Waals surface area contributed by atoms with Crippen LogP contribution in [0.25, 0.3) is 0 Å². The molecule has 1 aliphatic rings. The van der Waals surface area contributed by atoms with Crippen molar-refractivity contribution in [3.63, 3.8) is 0 Å². The third-order valence-corrected chi connectivity index (χ3v) is 5.37. The molecule has 5 heteroatoms. The molecule has 0 aromatic heterocycles. The molecule has 0 aliphatic carbocycles. The largest absolute Gasteiger partial charge is 0.490 e. The molecule has 30 heavy (non-hydrogen) atoms. The van der Waals surface area contributed by atoms with Gasteiger partial charge in [0.15, 0.2) is 0 Å². The van der Waals surface area contributed by atoms with Crippen molar-refractivity contribution in [3.8, 4) is 5.75 Å². The number of carbonyl (C=O) groups is 2. The molecule has 1 aliphatic heterocycles. The third-order valence-electron chi connectivity index (χ3n) is 5.37. The highest BCUT2D eigenvalue weighted by molar-refractivity contribution is 6.07. The lowest BCUT2D eigenvalue weighted by molar-refractivity contribution is -0.127. The molecule has 0 spiro atoms. The van der Waals surface area contributed by atoms with E-state index in [1.807, 2.05) is 69.9 Å². The Bertz CT molecular complexity index is 969. The number of anilines is 2. The molecule has 0 fully saturated rings. The highest BCUT2D eigenvalue weighted by Crippen LogP contribution is 2.38. The molecule has 0 radical (unpaired) electrons. The van der Waals surface area contributed by atoms with Crippen molar-refractivity contribution in [2.45, 2.75) is 48.5 Å². The molecule has 1 N–H and O–H groups in total. The number of fused-ring (bicyclic) bond motifs is 1. The lowest BCUT2D eigenvalue weighted by atomic mass is 9.92. The van der Waals surface area contributed by atoms with E-state index in [1.165, 1.54) is 0 Å². The Hall–Kier alpha value is -2.82. The third kappa shape index (κ3) is 4.35. The van der Waals surface area contributed by atoms with E-state index >= 15 is 0 Å². The molecule has 3 rings (SSSR count). The first-order valence-corrected chi connectivity index (χ1v) is 10.5. The molecule has 0 unspecified atom stereocenters. The van der Waals surface area contributed by atoms with Crippen molar-refractivity contribution in [3.05, 3.63) is 52.6 Å². The van der Waals surface area contributed by atoms with Crippen LogP contribution >= 0.6 is 0 Å². The molecule has 1 heterocycles. The predicted octanol–water partition coefficient (Wildman–Crippen LogP) is 5.27. The van der Waals surface area contributed by atoms with Gasteiger partial charge in [-0.25, -0.2) is 0 Å². The number of ether oxygens (including phenoxy) is 1. The Morgan fingerprint density at radius 3 is 2.37 bits per heavy atom.